The van der Waals surface area contributed by atoms with Crippen molar-refractivity contribution in [3.63, 3.8) is 0 Å². The minimum atomic E-state index is -0.140. The number of amides is 1. The molecule has 1 aromatic carbocycles. The van der Waals surface area contributed by atoms with Crippen molar-refractivity contribution >= 4 is 17.4 Å². The lowest BCUT2D eigenvalue weighted by Gasteiger charge is -2.17. The molecule has 5 heteroatoms. The maximum Gasteiger partial charge on any atom is 0.258 e. The molecule has 98 valence electrons. The summed E-state index contributed by atoms with van der Waals surface area (Å²) in [6.07, 6.45) is 1.52. The van der Waals surface area contributed by atoms with Gasteiger partial charge in [0.1, 0.15) is 11.6 Å². The van der Waals surface area contributed by atoms with Crippen LogP contribution in [0.4, 0.5) is 11.5 Å². The number of carbonyl (C=O) groups is 1. The first-order valence-corrected chi connectivity index (χ1v) is 5.75. The maximum absolute atomic E-state index is 12.3. The average Bonchev–Trinajstić information content (AvgIpc) is 2.46. The van der Waals surface area contributed by atoms with Gasteiger partial charge in [0.2, 0.25) is 0 Å². The third-order valence-electron chi connectivity index (χ3n) is 2.79. The molecule has 5 nitrogen and oxygen atoms in total. The zero-order valence-electron chi connectivity index (χ0n) is 10.8. The summed E-state index contributed by atoms with van der Waals surface area (Å²) in [5.41, 5.74) is 6.86. The minimum absolute atomic E-state index is 0.140. The fourth-order valence-corrected chi connectivity index (χ4v) is 1.70. The lowest BCUT2D eigenvalue weighted by atomic mass is 10.2. The van der Waals surface area contributed by atoms with Crippen LogP contribution in [-0.2, 0) is 0 Å². The summed E-state index contributed by atoms with van der Waals surface area (Å²) < 4.78 is 5.08. The highest BCUT2D eigenvalue weighted by atomic mass is 16.5. The number of nitrogens with two attached hydrogens (primary N) is 1. The van der Waals surface area contributed by atoms with E-state index in [1.54, 1.807) is 43.3 Å². The minimum Gasteiger partial charge on any atom is -0.497 e. The van der Waals surface area contributed by atoms with Gasteiger partial charge in [0.05, 0.1) is 7.11 Å². The summed E-state index contributed by atoms with van der Waals surface area (Å²) in [5, 5.41) is 0. The largest absolute Gasteiger partial charge is 0.497 e. The number of rotatable bonds is 3. The molecular formula is C14H15N3O2. The van der Waals surface area contributed by atoms with Crippen LogP contribution in [0.2, 0.25) is 0 Å². The normalized spacial score (nSPS) is 10.0. The van der Waals surface area contributed by atoms with E-state index < -0.39 is 0 Å². The zero-order valence-corrected chi connectivity index (χ0v) is 10.8. The Labute approximate surface area is 111 Å². The molecule has 1 amide bonds. The van der Waals surface area contributed by atoms with E-state index in [2.05, 4.69) is 4.98 Å². The lowest BCUT2D eigenvalue weighted by Crippen LogP contribution is -2.26. The highest BCUT2D eigenvalue weighted by Gasteiger charge is 2.13. The highest BCUT2D eigenvalue weighted by molar-refractivity contribution is 6.06. The molecule has 0 saturated carbocycles. The summed E-state index contributed by atoms with van der Waals surface area (Å²) in [7, 11) is 3.31. The van der Waals surface area contributed by atoms with Crippen LogP contribution in [0.3, 0.4) is 0 Å². The Morgan fingerprint density at radius 1 is 1.26 bits per heavy atom. The van der Waals surface area contributed by atoms with Crippen LogP contribution in [0.15, 0.2) is 42.6 Å². The predicted molar refractivity (Wildman–Crippen MR) is 74.4 cm³/mol. The number of anilines is 2. The molecule has 0 atom stereocenters. The molecule has 0 aliphatic carbocycles. The van der Waals surface area contributed by atoms with Crippen LogP contribution in [-0.4, -0.2) is 25.0 Å². The number of carbonyl (C=O) groups excluding carboxylic acids is 1. The van der Waals surface area contributed by atoms with Crippen LogP contribution in [0.1, 0.15) is 10.4 Å². The molecule has 0 fully saturated rings. The average molecular weight is 257 g/mol. The standard InChI is InChI=1S/C14H15N3O2/c1-17(11-3-5-12(19-2)6-4-11)14(18)10-7-8-16-13(15)9-10/h3-9H,1-2H3,(H2,15,16). The van der Waals surface area contributed by atoms with Crippen LogP contribution in [0.25, 0.3) is 0 Å². The van der Waals surface area contributed by atoms with Crippen molar-refractivity contribution in [1.82, 2.24) is 4.98 Å². The van der Waals surface area contributed by atoms with E-state index in [0.29, 0.717) is 11.4 Å². The molecule has 2 aromatic rings. The van der Waals surface area contributed by atoms with E-state index in [1.165, 1.54) is 6.20 Å². The number of nitrogen functional groups attached to an aromatic ring is 1. The molecule has 1 aromatic heterocycles. The van der Waals surface area contributed by atoms with Crippen LogP contribution in [0, 0.1) is 0 Å². The molecule has 19 heavy (non-hydrogen) atoms. The Balaban J connectivity index is 2.23. The van der Waals surface area contributed by atoms with Gasteiger partial charge in [-0.2, -0.15) is 0 Å². The second kappa shape index (κ2) is 5.39. The SMILES string of the molecule is COc1ccc(N(C)C(=O)c2ccnc(N)c2)cc1. The number of methoxy groups -OCH3 is 1. The summed E-state index contributed by atoms with van der Waals surface area (Å²) >= 11 is 0. The van der Waals surface area contributed by atoms with Crippen molar-refractivity contribution in [2.24, 2.45) is 0 Å². The molecule has 1 heterocycles. The van der Waals surface area contributed by atoms with Gasteiger partial charge in [0.15, 0.2) is 0 Å². The molecule has 0 unspecified atom stereocenters. The fraction of sp³-hybridized carbons (Fsp3) is 0.143. The quantitative estimate of drug-likeness (QED) is 0.912. The summed E-state index contributed by atoms with van der Waals surface area (Å²) in [4.78, 5) is 17.7. The van der Waals surface area contributed by atoms with Gasteiger partial charge in [-0.05, 0) is 36.4 Å². The van der Waals surface area contributed by atoms with Gasteiger partial charge in [0, 0.05) is 24.5 Å². The highest BCUT2D eigenvalue weighted by Crippen LogP contribution is 2.20. The molecule has 0 spiro atoms. The smallest absolute Gasteiger partial charge is 0.258 e. The molecular weight excluding hydrogens is 242 g/mol. The number of hydrogen-bond acceptors (Lipinski definition) is 4. The van der Waals surface area contributed by atoms with E-state index in [4.69, 9.17) is 10.5 Å². The number of ether oxygens (including phenoxy) is 1. The Bertz CT molecular complexity index is 581. The number of aromatic nitrogens is 1. The van der Waals surface area contributed by atoms with Crippen molar-refractivity contribution in [1.29, 1.82) is 0 Å². The molecule has 2 rings (SSSR count). The van der Waals surface area contributed by atoms with Crippen molar-refractivity contribution in [2.45, 2.75) is 0 Å². The van der Waals surface area contributed by atoms with Crippen LogP contribution in [0.5, 0.6) is 5.75 Å². The second-order valence-corrected chi connectivity index (χ2v) is 4.03. The van der Waals surface area contributed by atoms with Crippen LogP contribution >= 0.6 is 0 Å². The number of pyridine rings is 1. The first-order valence-electron chi connectivity index (χ1n) is 5.75. The number of benzene rings is 1. The predicted octanol–water partition coefficient (Wildman–Crippen LogP) is 1.95. The topological polar surface area (TPSA) is 68.5 Å². The Kier molecular flexibility index (Phi) is 3.66. The zero-order chi connectivity index (χ0) is 13.8. The molecule has 0 aliphatic heterocycles. The van der Waals surface area contributed by atoms with Gasteiger partial charge in [0.25, 0.3) is 5.91 Å². The maximum atomic E-state index is 12.3. The lowest BCUT2D eigenvalue weighted by molar-refractivity contribution is 0.0993. The molecule has 0 radical (unpaired) electrons. The van der Waals surface area contributed by atoms with Crippen molar-refractivity contribution in [2.75, 3.05) is 24.8 Å². The summed E-state index contributed by atoms with van der Waals surface area (Å²) in [6.45, 7) is 0. The van der Waals surface area contributed by atoms with Crippen molar-refractivity contribution in [3.8, 4) is 5.75 Å². The molecule has 2 N–H and O–H groups in total. The van der Waals surface area contributed by atoms with Crippen molar-refractivity contribution in [3.05, 3.63) is 48.2 Å². The van der Waals surface area contributed by atoms with Gasteiger partial charge >= 0.3 is 0 Å². The third-order valence-corrected chi connectivity index (χ3v) is 2.79. The molecule has 0 bridgehead atoms. The molecule has 0 aliphatic rings. The fourth-order valence-electron chi connectivity index (χ4n) is 1.70. The first kappa shape index (κ1) is 12.9. The van der Waals surface area contributed by atoms with Gasteiger partial charge in [-0.1, -0.05) is 0 Å². The van der Waals surface area contributed by atoms with E-state index in [-0.39, 0.29) is 5.91 Å². The number of nitrogens with zero attached hydrogens (tertiary/aromatic N) is 2. The Morgan fingerprint density at radius 3 is 2.53 bits per heavy atom. The van der Waals surface area contributed by atoms with Gasteiger partial charge < -0.3 is 15.4 Å². The summed E-state index contributed by atoms with van der Waals surface area (Å²) in [6, 6.07) is 10.4. The van der Waals surface area contributed by atoms with Gasteiger partial charge in [-0.3, -0.25) is 4.79 Å². The Morgan fingerprint density at radius 2 is 1.95 bits per heavy atom. The second-order valence-electron chi connectivity index (χ2n) is 4.03. The van der Waals surface area contributed by atoms with E-state index >= 15 is 0 Å². The first-order chi connectivity index (χ1) is 9.11. The van der Waals surface area contributed by atoms with Gasteiger partial charge in [-0.25, -0.2) is 4.98 Å². The van der Waals surface area contributed by atoms with E-state index in [0.717, 1.165) is 11.4 Å². The van der Waals surface area contributed by atoms with Crippen molar-refractivity contribution < 1.29 is 9.53 Å². The van der Waals surface area contributed by atoms with Gasteiger partial charge in [-0.15, -0.1) is 0 Å². The Hall–Kier alpha value is -2.56. The molecule has 0 saturated heterocycles. The van der Waals surface area contributed by atoms with E-state index in [1.807, 2.05) is 12.1 Å². The monoisotopic (exact) mass is 257 g/mol. The number of hydrogen-bond donors (Lipinski definition) is 1. The van der Waals surface area contributed by atoms with Crippen LogP contribution < -0.4 is 15.4 Å². The summed E-state index contributed by atoms with van der Waals surface area (Å²) in [5.74, 6) is 0.936. The third kappa shape index (κ3) is 2.82. The van der Waals surface area contributed by atoms with E-state index in [9.17, 15) is 4.79 Å².